The van der Waals surface area contributed by atoms with Crippen LogP contribution in [-0.4, -0.2) is 50.0 Å². The molecule has 2 fully saturated rings. The van der Waals surface area contributed by atoms with E-state index < -0.39 is 0 Å². The number of methoxy groups -OCH3 is 1. The molecule has 2 aliphatic rings. The van der Waals surface area contributed by atoms with Crippen LogP contribution in [0.4, 0.5) is 0 Å². The molecular weight excluding hydrogens is 166 g/mol. The Kier molecular flexibility index (Phi) is 2.86. The Morgan fingerprint density at radius 3 is 3.08 bits per heavy atom. The summed E-state index contributed by atoms with van der Waals surface area (Å²) in [5.74, 6) is 0. The zero-order valence-electron chi connectivity index (χ0n) is 8.53. The van der Waals surface area contributed by atoms with Crippen molar-refractivity contribution in [2.45, 2.75) is 38.0 Å². The number of piperidine rings is 1. The van der Waals surface area contributed by atoms with Crippen LogP contribution in [0.15, 0.2) is 0 Å². The van der Waals surface area contributed by atoms with E-state index in [1.807, 2.05) is 0 Å². The summed E-state index contributed by atoms with van der Waals surface area (Å²) in [7, 11) is 1.76. The lowest BCUT2D eigenvalue weighted by Gasteiger charge is -2.30. The molecule has 13 heavy (non-hydrogen) atoms. The molecule has 0 aromatic carbocycles. The van der Waals surface area contributed by atoms with Crippen molar-refractivity contribution in [3.63, 3.8) is 0 Å². The predicted octanol–water partition coefficient (Wildman–Crippen LogP) is 0.884. The van der Waals surface area contributed by atoms with Gasteiger partial charge in [-0.05, 0) is 19.8 Å². The monoisotopic (exact) mass is 185 g/mol. The van der Waals surface area contributed by atoms with Crippen LogP contribution in [-0.2, 0) is 9.47 Å². The van der Waals surface area contributed by atoms with Crippen molar-refractivity contribution in [2.75, 3.05) is 26.8 Å². The van der Waals surface area contributed by atoms with Crippen LogP contribution in [0.3, 0.4) is 0 Å². The third-order valence-corrected chi connectivity index (χ3v) is 3.09. The minimum Gasteiger partial charge on any atom is -0.385 e. The molecule has 0 N–H and O–H groups in total. The van der Waals surface area contributed by atoms with Gasteiger partial charge in [0.05, 0.1) is 12.2 Å². The molecule has 3 nitrogen and oxygen atoms in total. The highest BCUT2D eigenvalue weighted by atomic mass is 16.6. The average Bonchev–Trinajstić information content (AvgIpc) is 2.83. The Bertz CT molecular complexity index is 174. The van der Waals surface area contributed by atoms with Crippen molar-refractivity contribution in [1.29, 1.82) is 0 Å². The molecular formula is C10H19NO2. The van der Waals surface area contributed by atoms with Gasteiger partial charge in [-0.3, -0.25) is 4.90 Å². The van der Waals surface area contributed by atoms with Crippen LogP contribution >= 0.6 is 0 Å². The Morgan fingerprint density at radius 2 is 2.31 bits per heavy atom. The lowest BCUT2D eigenvalue weighted by Crippen LogP contribution is -2.42. The third kappa shape index (κ3) is 2.22. The number of hydrogen-bond donors (Lipinski definition) is 0. The Hall–Kier alpha value is -0.120. The first-order chi connectivity index (χ1) is 6.31. The summed E-state index contributed by atoms with van der Waals surface area (Å²) in [5, 5.41) is 0. The largest absolute Gasteiger partial charge is 0.385 e. The number of ether oxygens (including phenoxy) is 2. The van der Waals surface area contributed by atoms with Crippen LogP contribution in [0.5, 0.6) is 0 Å². The Morgan fingerprint density at radius 1 is 1.46 bits per heavy atom. The molecule has 3 unspecified atom stereocenters. The van der Waals surface area contributed by atoms with E-state index in [9.17, 15) is 0 Å². The fourth-order valence-corrected chi connectivity index (χ4v) is 2.17. The maximum atomic E-state index is 5.51. The molecule has 0 aromatic rings. The summed E-state index contributed by atoms with van der Waals surface area (Å²) in [5.41, 5.74) is 0. The van der Waals surface area contributed by atoms with Gasteiger partial charge in [0.1, 0.15) is 0 Å². The molecule has 2 aliphatic heterocycles. The smallest absolute Gasteiger partial charge is 0.0969 e. The van der Waals surface area contributed by atoms with Crippen LogP contribution in [0.25, 0.3) is 0 Å². The summed E-state index contributed by atoms with van der Waals surface area (Å²) >= 11 is 0. The van der Waals surface area contributed by atoms with E-state index in [1.54, 1.807) is 7.11 Å². The lowest BCUT2D eigenvalue weighted by molar-refractivity contribution is 0.140. The van der Waals surface area contributed by atoms with Crippen molar-refractivity contribution in [1.82, 2.24) is 4.90 Å². The van der Waals surface area contributed by atoms with Crippen molar-refractivity contribution in [3.05, 3.63) is 0 Å². The average molecular weight is 185 g/mol. The first-order valence-corrected chi connectivity index (χ1v) is 5.19. The molecule has 0 aliphatic carbocycles. The second-order valence-corrected chi connectivity index (χ2v) is 4.14. The van der Waals surface area contributed by atoms with E-state index in [0.717, 1.165) is 26.1 Å². The summed E-state index contributed by atoms with van der Waals surface area (Å²) in [4.78, 5) is 2.52. The molecule has 0 saturated carbocycles. The topological polar surface area (TPSA) is 25.0 Å². The highest BCUT2D eigenvalue weighted by molar-refractivity contribution is 4.95. The molecule has 2 heterocycles. The van der Waals surface area contributed by atoms with Gasteiger partial charge in [-0.2, -0.15) is 0 Å². The molecule has 0 bridgehead atoms. The zero-order chi connectivity index (χ0) is 9.26. The summed E-state index contributed by atoms with van der Waals surface area (Å²) in [6.07, 6.45) is 3.50. The second kappa shape index (κ2) is 3.95. The first-order valence-electron chi connectivity index (χ1n) is 5.19. The normalized spacial score (nSPS) is 38.8. The van der Waals surface area contributed by atoms with E-state index >= 15 is 0 Å². The van der Waals surface area contributed by atoms with Crippen LogP contribution in [0, 0.1) is 0 Å². The SMILES string of the molecule is COCCCN1CC2OC2CC1C. The zero-order valence-corrected chi connectivity index (χ0v) is 8.53. The van der Waals surface area contributed by atoms with Gasteiger partial charge in [-0.25, -0.2) is 0 Å². The molecule has 0 spiro atoms. The van der Waals surface area contributed by atoms with E-state index in [-0.39, 0.29) is 0 Å². The van der Waals surface area contributed by atoms with E-state index in [1.165, 1.54) is 6.42 Å². The summed E-state index contributed by atoms with van der Waals surface area (Å²) in [6.45, 7) is 5.46. The minimum absolute atomic E-state index is 0.554. The van der Waals surface area contributed by atoms with Crippen molar-refractivity contribution in [2.24, 2.45) is 0 Å². The number of nitrogens with zero attached hydrogens (tertiary/aromatic N) is 1. The van der Waals surface area contributed by atoms with Gasteiger partial charge in [0.15, 0.2) is 0 Å². The molecule has 76 valence electrons. The van der Waals surface area contributed by atoms with E-state index in [0.29, 0.717) is 18.2 Å². The van der Waals surface area contributed by atoms with Crippen molar-refractivity contribution in [3.8, 4) is 0 Å². The maximum Gasteiger partial charge on any atom is 0.0969 e. The molecule has 3 atom stereocenters. The fourth-order valence-electron chi connectivity index (χ4n) is 2.17. The summed E-state index contributed by atoms with van der Waals surface area (Å²) in [6, 6.07) is 0.695. The lowest BCUT2D eigenvalue weighted by atomic mass is 10.0. The van der Waals surface area contributed by atoms with Crippen molar-refractivity contribution >= 4 is 0 Å². The Labute approximate surface area is 80.0 Å². The second-order valence-electron chi connectivity index (χ2n) is 4.14. The minimum atomic E-state index is 0.554. The van der Waals surface area contributed by atoms with Crippen molar-refractivity contribution < 1.29 is 9.47 Å². The van der Waals surface area contributed by atoms with Gasteiger partial charge in [-0.15, -0.1) is 0 Å². The maximum absolute atomic E-state index is 5.51. The van der Waals surface area contributed by atoms with E-state index in [4.69, 9.17) is 9.47 Å². The molecule has 0 radical (unpaired) electrons. The highest BCUT2D eigenvalue weighted by Crippen LogP contribution is 2.33. The number of likely N-dealkylation sites (tertiary alicyclic amines) is 1. The molecule has 0 amide bonds. The molecule has 2 saturated heterocycles. The molecule has 2 rings (SSSR count). The van der Waals surface area contributed by atoms with Gasteiger partial charge in [-0.1, -0.05) is 0 Å². The quantitative estimate of drug-likeness (QED) is 0.480. The van der Waals surface area contributed by atoms with Gasteiger partial charge >= 0.3 is 0 Å². The predicted molar refractivity (Wildman–Crippen MR) is 50.8 cm³/mol. The van der Waals surface area contributed by atoms with Gasteiger partial charge in [0.25, 0.3) is 0 Å². The van der Waals surface area contributed by atoms with E-state index in [2.05, 4.69) is 11.8 Å². The van der Waals surface area contributed by atoms with Gasteiger partial charge in [0, 0.05) is 32.8 Å². The molecule has 0 aromatic heterocycles. The third-order valence-electron chi connectivity index (χ3n) is 3.09. The van der Waals surface area contributed by atoms with Gasteiger partial charge < -0.3 is 9.47 Å². The number of rotatable bonds is 4. The standard InChI is InChI=1S/C10H19NO2/c1-8-6-9-10(13-9)7-11(8)4-3-5-12-2/h8-10H,3-7H2,1-2H3. The van der Waals surface area contributed by atoms with Gasteiger partial charge in [0.2, 0.25) is 0 Å². The highest BCUT2D eigenvalue weighted by Gasteiger charge is 2.45. The number of fused-ring (bicyclic) bond motifs is 1. The Balaban J connectivity index is 1.71. The van der Waals surface area contributed by atoms with Crippen LogP contribution in [0.2, 0.25) is 0 Å². The van der Waals surface area contributed by atoms with Crippen LogP contribution < -0.4 is 0 Å². The molecule has 3 heteroatoms. The first kappa shape index (κ1) is 9.44. The fraction of sp³-hybridized carbons (Fsp3) is 1.00. The summed E-state index contributed by atoms with van der Waals surface area (Å²) < 4.78 is 10.6. The number of epoxide rings is 1. The van der Waals surface area contributed by atoms with Crippen LogP contribution in [0.1, 0.15) is 19.8 Å². The number of hydrogen-bond acceptors (Lipinski definition) is 3.